The van der Waals surface area contributed by atoms with Crippen LogP contribution in [-0.4, -0.2) is 19.3 Å². The van der Waals surface area contributed by atoms with E-state index in [-0.39, 0.29) is 6.10 Å². The lowest BCUT2D eigenvalue weighted by molar-refractivity contribution is 0.0107. The third kappa shape index (κ3) is 3.11. The smallest absolute Gasteiger partial charge is 0.0809 e. The Morgan fingerprint density at radius 3 is 3.12 bits per heavy atom. The first-order valence-corrected chi connectivity index (χ1v) is 5.87. The molecule has 0 spiro atoms. The van der Waals surface area contributed by atoms with E-state index >= 15 is 0 Å². The Labute approximate surface area is 100 Å². The summed E-state index contributed by atoms with van der Waals surface area (Å²) in [7, 11) is 0. The minimum atomic E-state index is 0.250. The monoisotopic (exact) mass is 241 g/mol. The van der Waals surface area contributed by atoms with Crippen LogP contribution in [0.2, 0.25) is 5.02 Å². The van der Waals surface area contributed by atoms with E-state index in [4.69, 9.17) is 26.8 Å². The van der Waals surface area contributed by atoms with Gasteiger partial charge in [-0.2, -0.15) is 0 Å². The minimum Gasteiger partial charge on any atom is -0.398 e. The van der Waals surface area contributed by atoms with Crippen LogP contribution in [0.4, 0.5) is 5.69 Å². The SMILES string of the molecule is Nc1ccc(Cl)cc1COCC1CCCO1. The van der Waals surface area contributed by atoms with Crippen LogP contribution >= 0.6 is 11.6 Å². The normalized spacial score (nSPS) is 20.2. The molecule has 2 N–H and O–H groups in total. The molecule has 1 heterocycles. The molecule has 4 heteroatoms. The summed E-state index contributed by atoms with van der Waals surface area (Å²) in [6.45, 7) is 1.98. The molecular weight excluding hydrogens is 226 g/mol. The number of nitrogen functional groups attached to an aromatic ring is 1. The molecule has 16 heavy (non-hydrogen) atoms. The van der Waals surface area contributed by atoms with Crippen molar-refractivity contribution in [3.63, 3.8) is 0 Å². The highest BCUT2D eigenvalue weighted by Gasteiger charge is 2.15. The first kappa shape index (κ1) is 11.7. The molecule has 0 aliphatic carbocycles. The van der Waals surface area contributed by atoms with Crippen molar-refractivity contribution in [3.8, 4) is 0 Å². The van der Waals surface area contributed by atoms with E-state index in [1.165, 1.54) is 0 Å². The highest BCUT2D eigenvalue weighted by molar-refractivity contribution is 6.30. The second-order valence-corrected chi connectivity index (χ2v) is 4.43. The average molecular weight is 242 g/mol. The predicted octanol–water partition coefficient (Wildman–Crippen LogP) is 2.62. The lowest BCUT2D eigenvalue weighted by atomic mass is 10.2. The van der Waals surface area contributed by atoms with Crippen LogP contribution < -0.4 is 5.73 Å². The van der Waals surface area contributed by atoms with Crippen LogP contribution in [0.3, 0.4) is 0 Å². The van der Waals surface area contributed by atoms with Crippen LogP contribution in [0.1, 0.15) is 18.4 Å². The van der Waals surface area contributed by atoms with Crippen molar-refractivity contribution < 1.29 is 9.47 Å². The minimum absolute atomic E-state index is 0.250. The fourth-order valence-corrected chi connectivity index (χ4v) is 1.97. The summed E-state index contributed by atoms with van der Waals surface area (Å²) in [6, 6.07) is 5.42. The summed E-state index contributed by atoms with van der Waals surface area (Å²) in [4.78, 5) is 0. The third-order valence-electron chi connectivity index (χ3n) is 2.69. The van der Waals surface area contributed by atoms with E-state index in [1.807, 2.05) is 6.07 Å². The predicted molar refractivity (Wildman–Crippen MR) is 64.5 cm³/mol. The Morgan fingerprint density at radius 1 is 1.50 bits per heavy atom. The molecule has 1 aliphatic rings. The molecule has 1 unspecified atom stereocenters. The second-order valence-electron chi connectivity index (χ2n) is 3.99. The molecule has 1 aliphatic heterocycles. The first-order chi connectivity index (χ1) is 7.75. The van der Waals surface area contributed by atoms with Crippen molar-refractivity contribution in [2.75, 3.05) is 18.9 Å². The van der Waals surface area contributed by atoms with Crippen LogP contribution in [-0.2, 0) is 16.1 Å². The van der Waals surface area contributed by atoms with E-state index in [0.29, 0.717) is 18.2 Å². The summed E-state index contributed by atoms with van der Waals surface area (Å²) in [5.41, 5.74) is 7.47. The van der Waals surface area contributed by atoms with E-state index in [9.17, 15) is 0 Å². The van der Waals surface area contributed by atoms with Crippen LogP contribution in [0.15, 0.2) is 18.2 Å². The van der Waals surface area contributed by atoms with Gasteiger partial charge in [-0.1, -0.05) is 11.6 Å². The molecule has 0 bridgehead atoms. The van der Waals surface area contributed by atoms with Gasteiger partial charge in [-0.25, -0.2) is 0 Å². The zero-order chi connectivity index (χ0) is 11.4. The number of anilines is 1. The molecule has 2 rings (SSSR count). The van der Waals surface area contributed by atoms with Gasteiger partial charge in [0, 0.05) is 22.9 Å². The summed E-state index contributed by atoms with van der Waals surface area (Å²) in [5.74, 6) is 0. The molecule has 1 aromatic rings. The average Bonchev–Trinajstić information content (AvgIpc) is 2.76. The van der Waals surface area contributed by atoms with Crippen molar-refractivity contribution in [2.24, 2.45) is 0 Å². The fraction of sp³-hybridized carbons (Fsp3) is 0.500. The maximum Gasteiger partial charge on any atom is 0.0809 e. The van der Waals surface area contributed by atoms with Gasteiger partial charge in [0.25, 0.3) is 0 Å². The maximum atomic E-state index is 5.89. The molecule has 1 atom stereocenters. The van der Waals surface area contributed by atoms with Gasteiger partial charge in [0.15, 0.2) is 0 Å². The topological polar surface area (TPSA) is 44.5 Å². The summed E-state index contributed by atoms with van der Waals surface area (Å²) in [5, 5.41) is 0.685. The van der Waals surface area contributed by atoms with E-state index in [1.54, 1.807) is 12.1 Å². The Bertz CT molecular complexity index is 351. The number of hydrogen-bond acceptors (Lipinski definition) is 3. The highest BCUT2D eigenvalue weighted by atomic mass is 35.5. The lowest BCUT2D eigenvalue weighted by Crippen LogP contribution is -2.14. The van der Waals surface area contributed by atoms with Gasteiger partial charge in [0.1, 0.15) is 0 Å². The van der Waals surface area contributed by atoms with Crippen molar-refractivity contribution in [3.05, 3.63) is 28.8 Å². The zero-order valence-electron chi connectivity index (χ0n) is 9.12. The first-order valence-electron chi connectivity index (χ1n) is 5.49. The number of benzene rings is 1. The van der Waals surface area contributed by atoms with Gasteiger partial charge in [-0.05, 0) is 31.0 Å². The summed E-state index contributed by atoms with van der Waals surface area (Å²) in [6.07, 6.45) is 2.47. The molecule has 1 saturated heterocycles. The standard InChI is InChI=1S/C12H16ClNO2/c13-10-3-4-12(14)9(6-10)7-15-8-11-2-1-5-16-11/h3-4,6,11H,1-2,5,7-8,14H2. The molecule has 1 fully saturated rings. The third-order valence-corrected chi connectivity index (χ3v) is 2.93. The maximum absolute atomic E-state index is 5.89. The fourth-order valence-electron chi connectivity index (χ4n) is 1.78. The van der Waals surface area contributed by atoms with Gasteiger partial charge in [0.2, 0.25) is 0 Å². The van der Waals surface area contributed by atoms with Crippen molar-refractivity contribution in [1.29, 1.82) is 0 Å². The number of nitrogens with two attached hydrogens (primary N) is 1. The van der Waals surface area contributed by atoms with Crippen molar-refractivity contribution in [1.82, 2.24) is 0 Å². The quantitative estimate of drug-likeness (QED) is 0.825. The van der Waals surface area contributed by atoms with Crippen molar-refractivity contribution >= 4 is 17.3 Å². The molecule has 88 valence electrons. The molecule has 1 aromatic carbocycles. The summed E-state index contributed by atoms with van der Waals surface area (Å²) >= 11 is 5.89. The van der Waals surface area contributed by atoms with Gasteiger partial charge in [-0.15, -0.1) is 0 Å². The van der Waals surface area contributed by atoms with Gasteiger partial charge < -0.3 is 15.2 Å². The Balaban J connectivity index is 1.82. The van der Waals surface area contributed by atoms with Crippen LogP contribution in [0, 0.1) is 0 Å². The van der Waals surface area contributed by atoms with Crippen molar-refractivity contribution in [2.45, 2.75) is 25.6 Å². The Hall–Kier alpha value is -0.770. The Kier molecular flexibility index (Phi) is 4.04. The zero-order valence-corrected chi connectivity index (χ0v) is 9.87. The Morgan fingerprint density at radius 2 is 2.38 bits per heavy atom. The molecule has 3 nitrogen and oxygen atoms in total. The number of rotatable bonds is 4. The van der Waals surface area contributed by atoms with Gasteiger partial charge >= 0.3 is 0 Å². The van der Waals surface area contributed by atoms with E-state index in [0.717, 1.165) is 30.7 Å². The summed E-state index contributed by atoms with van der Waals surface area (Å²) < 4.78 is 11.0. The molecule has 0 radical (unpaired) electrons. The van der Waals surface area contributed by atoms with E-state index in [2.05, 4.69) is 0 Å². The largest absolute Gasteiger partial charge is 0.398 e. The van der Waals surface area contributed by atoms with Crippen LogP contribution in [0.5, 0.6) is 0 Å². The molecular formula is C12H16ClNO2. The number of hydrogen-bond donors (Lipinski definition) is 1. The number of ether oxygens (including phenoxy) is 2. The number of halogens is 1. The van der Waals surface area contributed by atoms with Gasteiger partial charge in [0.05, 0.1) is 19.3 Å². The second kappa shape index (κ2) is 5.53. The highest BCUT2D eigenvalue weighted by Crippen LogP contribution is 2.19. The molecule has 0 aromatic heterocycles. The van der Waals surface area contributed by atoms with E-state index < -0.39 is 0 Å². The molecule has 0 saturated carbocycles. The van der Waals surface area contributed by atoms with Crippen LogP contribution in [0.25, 0.3) is 0 Å². The lowest BCUT2D eigenvalue weighted by Gasteiger charge is -2.11. The molecule has 0 amide bonds. The van der Waals surface area contributed by atoms with Gasteiger partial charge in [-0.3, -0.25) is 0 Å².